The highest BCUT2D eigenvalue weighted by Gasteiger charge is 2.24. The summed E-state index contributed by atoms with van der Waals surface area (Å²) in [7, 11) is 0. The number of hydrogen-bond acceptors (Lipinski definition) is 6. The van der Waals surface area contributed by atoms with Crippen LogP contribution in [0.4, 0.5) is 11.4 Å². The van der Waals surface area contributed by atoms with Gasteiger partial charge >= 0.3 is 0 Å². The molecule has 0 bridgehead atoms. The Hall–Kier alpha value is -2.46. The fourth-order valence-corrected chi connectivity index (χ4v) is 4.07. The maximum absolute atomic E-state index is 12.8. The Morgan fingerprint density at radius 3 is 2.77 bits per heavy atom. The van der Waals surface area contributed by atoms with Crippen LogP contribution in [0.15, 0.2) is 30.3 Å². The summed E-state index contributed by atoms with van der Waals surface area (Å²) in [4.78, 5) is 39.5. The van der Waals surface area contributed by atoms with Crippen molar-refractivity contribution in [1.29, 1.82) is 0 Å². The average molecular weight is 466 g/mol. The summed E-state index contributed by atoms with van der Waals surface area (Å²) in [6.07, 6.45) is 0. The van der Waals surface area contributed by atoms with E-state index in [1.807, 2.05) is 13.8 Å². The van der Waals surface area contributed by atoms with Crippen LogP contribution >= 0.6 is 22.9 Å². The topological polar surface area (TPSA) is 97.0 Å². The van der Waals surface area contributed by atoms with Crippen LogP contribution in [0.25, 0.3) is 0 Å². The number of halogens is 1. The number of thiophene rings is 1. The Bertz CT molecular complexity index is 964. The molecule has 31 heavy (non-hydrogen) atoms. The van der Waals surface area contributed by atoms with Gasteiger partial charge < -0.3 is 25.0 Å². The number of nitrogens with one attached hydrogen (secondary N) is 2. The first kappa shape index (κ1) is 23.2. The Morgan fingerprint density at radius 2 is 2.13 bits per heavy atom. The molecule has 0 saturated carbocycles. The molecule has 2 heterocycles. The number of carbonyl (C=O) groups is 3. The van der Waals surface area contributed by atoms with E-state index in [1.54, 1.807) is 35.2 Å². The monoisotopic (exact) mass is 465 g/mol. The number of hydrogen-bond donors (Lipinski definition) is 2. The minimum Gasteiger partial charge on any atom is -0.379 e. The van der Waals surface area contributed by atoms with Gasteiger partial charge in [-0.1, -0.05) is 11.6 Å². The molecule has 1 saturated heterocycles. The van der Waals surface area contributed by atoms with Crippen LogP contribution in [0.2, 0.25) is 4.34 Å². The second-order valence-electron chi connectivity index (χ2n) is 6.88. The van der Waals surface area contributed by atoms with E-state index >= 15 is 0 Å². The van der Waals surface area contributed by atoms with E-state index in [9.17, 15) is 14.4 Å². The predicted octanol–water partition coefficient (Wildman–Crippen LogP) is 2.85. The van der Waals surface area contributed by atoms with Gasteiger partial charge in [0, 0.05) is 24.5 Å². The van der Waals surface area contributed by atoms with E-state index < -0.39 is 17.9 Å². The lowest BCUT2D eigenvalue weighted by Crippen LogP contribution is -2.46. The molecule has 0 spiro atoms. The largest absolute Gasteiger partial charge is 0.379 e. The molecule has 2 N–H and O–H groups in total. The first-order valence-corrected chi connectivity index (χ1v) is 11.0. The SMILES string of the molecule is CCOCC(NC(=O)c1ccc(Cl)s1)C(=O)Nc1ccc(N2CCOCC2=O)c(C)c1. The van der Waals surface area contributed by atoms with Crippen molar-refractivity contribution >= 4 is 52.0 Å². The number of benzene rings is 1. The lowest BCUT2D eigenvalue weighted by atomic mass is 10.1. The molecule has 3 amide bonds. The number of carbonyl (C=O) groups excluding carboxylic acids is 3. The van der Waals surface area contributed by atoms with Crippen molar-refractivity contribution in [2.45, 2.75) is 19.9 Å². The molecule has 8 nitrogen and oxygen atoms in total. The van der Waals surface area contributed by atoms with Crippen molar-refractivity contribution in [3.8, 4) is 0 Å². The molecule has 1 aromatic carbocycles. The summed E-state index contributed by atoms with van der Waals surface area (Å²) in [6.45, 7) is 5.15. The van der Waals surface area contributed by atoms with Crippen molar-refractivity contribution in [2.75, 3.05) is 43.2 Å². The van der Waals surface area contributed by atoms with Crippen molar-refractivity contribution in [3.05, 3.63) is 45.1 Å². The molecular weight excluding hydrogens is 442 g/mol. The van der Waals surface area contributed by atoms with Gasteiger partial charge in [0.05, 0.1) is 22.4 Å². The third-order valence-electron chi connectivity index (χ3n) is 4.65. The summed E-state index contributed by atoms with van der Waals surface area (Å²) in [5, 5.41) is 5.50. The fraction of sp³-hybridized carbons (Fsp3) is 0.381. The van der Waals surface area contributed by atoms with Gasteiger partial charge in [0.25, 0.3) is 11.8 Å². The van der Waals surface area contributed by atoms with Crippen LogP contribution in [0.1, 0.15) is 22.2 Å². The summed E-state index contributed by atoms with van der Waals surface area (Å²) in [6, 6.07) is 7.65. The Morgan fingerprint density at radius 1 is 1.32 bits per heavy atom. The van der Waals surface area contributed by atoms with Crippen LogP contribution in [-0.2, 0) is 19.1 Å². The first-order valence-electron chi connectivity index (χ1n) is 9.82. The summed E-state index contributed by atoms with van der Waals surface area (Å²) in [5.41, 5.74) is 2.17. The Kier molecular flexibility index (Phi) is 8.03. The smallest absolute Gasteiger partial charge is 0.262 e. The molecule has 2 aromatic rings. The van der Waals surface area contributed by atoms with Gasteiger partial charge in [-0.05, 0) is 49.7 Å². The normalized spacial score (nSPS) is 14.9. The van der Waals surface area contributed by atoms with Gasteiger partial charge in [-0.3, -0.25) is 14.4 Å². The molecule has 1 aromatic heterocycles. The Labute approximate surface area is 189 Å². The van der Waals surface area contributed by atoms with Gasteiger partial charge in [-0.25, -0.2) is 0 Å². The zero-order valence-corrected chi connectivity index (χ0v) is 18.8. The van der Waals surface area contributed by atoms with Crippen LogP contribution in [-0.4, -0.2) is 56.7 Å². The fourth-order valence-electron chi connectivity index (χ4n) is 3.12. The van der Waals surface area contributed by atoms with Crippen LogP contribution in [0.5, 0.6) is 0 Å². The van der Waals surface area contributed by atoms with Gasteiger partial charge in [-0.2, -0.15) is 0 Å². The van der Waals surface area contributed by atoms with Crippen molar-refractivity contribution in [2.24, 2.45) is 0 Å². The number of nitrogens with zero attached hydrogens (tertiary/aromatic N) is 1. The summed E-state index contributed by atoms with van der Waals surface area (Å²) < 4.78 is 11.0. The highest BCUT2D eigenvalue weighted by molar-refractivity contribution is 7.18. The minimum atomic E-state index is -0.880. The lowest BCUT2D eigenvalue weighted by molar-refractivity contribution is -0.125. The second kappa shape index (κ2) is 10.7. The van der Waals surface area contributed by atoms with Crippen molar-refractivity contribution in [1.82, 2.24) is 5.32 Å². The van der Waals surface area contributed by atoms with Gasteiger partial charge in [0.1, 0.15) is 12.6 Å². The minimum absolute atomic E-state index is 0.0343. The molecule has 166 valence electrons. The molecule has 1 atom stereocenters. The van der Waals surface area contributed by atoms with Crippen LogP contribution in [0.3, 0.4) is 0 Å². The summed E-state index contributed by atoms with van der Waals surface area (Å²) >= 11 is 7.02. The molecule has 1 fully saturated rings. The first-order chi connectivity index (χ1) is 14.9. The molecule has 10 heteroatoms. The van der Waals surface area contributed by atoms with Crippen molar-refractivity contribution in [3.63, 3.8) is 0 Å². The van der Waals surface area contributed by atoms with Gasteiger partial charge in [0.15, 0.2) is 0 Å². The second-order valence-corrected chi connectivity index (χ2v) is 8.59. The third kappa shape index (κ3) is 6.04. The van der Waals surface area contributed by atoms with E-state index in [2.05, 4.69) is 10.6 Å². The molecular formula is C21H24ClN3O5S. The standard InChI is InChI=1S/C21H24ClN3O5S/c1-3-29-11-15(24-21(28)17-6-7-18(22)31-17)20(27)23-14-4-5-16(13(2)10-14)25-8-9-30-12-19(25)26/h4-7,10,15H,3,8-9,11-12H2,1-2H3,(H,23,27)(H,24,28). The summed E-state index contributed by atoms with van der Waals surface area (Å²) in [5.74, 6) is -0.896. The molecule has 1 aliphatic rings. The number of ether oxygens (including phenoxy) is 2. The van der Waals surface area contributed by atoms with Crippen molar-refractivity contribution < 1.29 is 23.9 Å². The molecule has 0 radical (unpaired) electrons. The number of amides is 3. The highest BCUT2D eigenvalue weighted by atomic mass is 35.5. The van der Waals surface area contributed by atoms with Crippen LogP contribution < -0.4 is 15.5 Å². The number of aryl methyl sites for hydroxylation is 1. The van der Waals surface area contributed by atoms with E-state index in [0.717, 1.165) is 22.6 Å². The number of anilines is 2. The maximum Gasteiger partial charge on any atom is 0.262 e. The maximum atomic E-state index is 12.8. The van der Waals surface area contributed by atoms with Crippen LogP contribution in [0, 0.1) is 6.92 Å². The molecule has 1 aliphatic heterocycles. The quantitative estimate of drug-likeness (QED) is 0.624. The zero-order chi connectivity index (χ0) is 22.4. The lowest BCUT2D eigenvalue weighted by Gasteiger charge is -2.28. The number of morpholine rings is 1. The van der Waals surface area contributed by atoms with E-state index in [1.165, 1.54) is 0 Å². The Balaban J connectivity index is 1.69. The third-order valence-corrected chi connectivity index (χ3v) is 5.88. The predicted molar refractivity (Wildman–Crippen MR) is 120 cm³/mol. The van der Waals surface area contributed by atoms with E-state index in [4.69, 9.17) is 21.1 Å². The van der Waals surface area contributed by atoms with Gasteiger partial charge in [0.2, 0.25) is 5.91 Å². The van der Waals surface area contributed by atoms with E-state index in [-0.39, 0.29) is 19.1 Å². The molecule has 0 aliphatic carbocycles. The van der Waals surface area contributed by atoms with E-state index in [0.29, 0.717) is 34.7 Å². The van der Waals surface area contributed by atoms with Gasteiger partial charge in [-0.15, -0.1) is 11.3 Å². The zero-order valence-electron chi connectivity index (χ0n) is 17.3. The number of rotatable bonds is 8. The highest BCUT2D eigenvalue weighted by Crippen LogP contribution is 2.25. The average Bonchev–Trinajstić information content (AvgIpc) is 3.18. The molecule has 3 rings (SSSR count). The molecule has 1 unspecified atom stereocenters.